The Morgan fingerprint density at radius 3 is 0.781 bits per heavy atom. The Kier molecular flexibility index (Phi) is 8.59. The summed E-state index contributed by atoms with van der Waals surface area (Å²) in [5.41, 5.74) is 13.0. The second kappa shape index (κ2) is 14.8. The lowest BCUT2D eigenvalue weighted by molar-refractivity contribution is 1.07. The van der Waals surface area contributed by atoms with E-state index in [1.54, 1.807) is 0 Å². The first-order valence-electron chi connectivity index (χ1n) is 21.3. The SMILES string of the molecule is C.c1ccc(-n2c3ccccc3c3cc(-c4nc(-c5ccc6c(c5)c5ccccc5n6-c5ccccc5)nc(-c5ccc6c(c5)c5ccccc5n6-c5ccccc5)n4)ccc32)cc1. The van der Waals surface area contributed by atoms with E-state index in [4.69, 9.17) is 15.0 Å². The Labute approximate surface area is 369 Å². The third kappa shape index (κ3) is 5.77. The zero-order chi connectivity index (χ0) is 41.4. The predicted molar refractivity (Wildman–Crippen MR) is 266 cm³/mol. The van der Waals surface area contributed by atoms with Gasteiger partial charge >= 0.3 is 0 Å². The Morgan fingerprint density at radius 1 is 0.234 bits per heavy atom. The molecule has 0 aliphatic heterocycles. The lowest BCUT2D eigenvalue weighted by Crippen LogP contribution is -2.00. The molecular weight excluding hydrogens is 781 g/mol. The average Bonchev–Trinajstić information content (AvgIpc) is 3.99. The van der Waals surface area contributed by atoms with Crippen molar-refractivity contribution in [3.05, 3.63) is 218 Å². The highest BCUT2D eigenvalue weighted by Gasteiger charge is 2.20. The molecule has 64 heavy (non-hydrogen) atoms. The molecule has 13 rings (SSSR count). The van der Waals surface area contributed by atoms with E-state index in [0.717, 1.165) is 83.0 Å². The Balaban J connectivity index is 0.00000433. The van der Waals surface area contributed by atoms with E-state index >= 15 is 0 Å². The van der Waals surface area contributed by atoms with E-state index in [9.17, 15) is 0 Å². The van der Waals surface area contributed by atoms with Crippen LogP contribution < -0.4 is 0 Å². The highest BCUT2D eigenvalue weighted by Crippen LogP contribution is 2.39. The third-order valence-electron chi connectivity index (χ3n) is 12.5. The van der Waals surface area contributed by atoms with Gasteiger partial charge in [-0.2, -0.15) is 0 Å². The molecule has 9 aromatic carbocycles. The second-order valence-electron chi connectivity index (χ2n) is 16.1. The van der Waals surface area contributed by atoms with Gasteiger partial charge in [0, 0.05) is 66.1 Å². The summed E-state index contributed by atoms with van der Waals surface area (Å²) in [6.07, 6.45) is 0. The summed E-state index contributed by atoms with van der Waals surface area (Å²) >= 11 is 0. The van der Waals surface area contributed by atoms with E-state index in [0.29, 0.717) is 17.5 Å². The standard InChI is InChI=1S/C57H36N6.CH4/c1-4-16-40(17-5-1)61-49-25-13-10-22-43(49)46-34-37(28-31-52(46)61)55-58-56(38-29-32-53-47(35-38)44-23-11-14-26-50(44)62(53)41-18-6-2-7-19-41)60-57(59-55)39-30-33-54-48(36-39)45-24-12-15-27-51(45)63(54)42-20-8-3-9-21-42;/h1-36H;1H4. The Hall–Kier alpha value is -8.61. The van der Waals surface area contributed by atoms with E-state index in [2.05, 4.69) is 232 Å². The molecule has 0 aliphatic carbocycles. The van der Waals surface area contributed by atoms with Gasteiger partial charge in [0.2, 0.25) is 0 Å². The third-order valence-corrected chi connectivity index (χ3v) is 12.5. The number of benzene rings is 9. The summed E-state index contributed by atoms with van der Waals surface area (Å²) in [7, 11) is 0. The number of hydrogen-bond acceptors (Lipinski definition) is 3. The van der Waals surface area contributed by atoms with Gasteiger partial charge in [-0.15, -0.1) is 0 Å². The number of aromatic nitrogens is 6. The van der Waals surface area contributed by atoms with Crippen molar-refractivity contribution < 1.29 is 0 Å². The molecule has 0 atom stereocenters. The summed E-state index contributed by atoms with van der Waals surface area (Å²) in [5.74, 6) is 1.85. The molecule has 0 amide bonds. The Morgan fingerprint density at radius 2 is 0.484 bits per heavy atom. The van der Waals surface area contributed by atoms with Crippen molar-refractivity contribution in [3.63, 3.8) is 0 Å². The van der Waals surface area contributed by atoms with Crippen molar-refractivity contribution in [1.29, 1.82) is 0 Å². The summed E-state index contributed by atoms with van der Waals surface area (Å²) in [6.45, 7) is 0. The monoisotopic (exact) mass is 820 g/mol. The molecule has 0 aliphatic rings. The lowest BCUT2D eigenvalue weighted by atomic mass is 10.1. The van der Waals surface area contributed by atoms with Crippen LogP contribution in [0.1, 0.15) is 7.43 Å². The Bertz CT molecular complexity index is 3480. The fourth-order valence-corrected chi connectivity index (χ4v) is 9.66. The summed E-state index contributed by atoms with van der Waals surface area (Å²) < 4.78 is 7.00. The molecule has 0 unspecified atom stereocenters. The number of hydrogen-bond donors (Lipinski definition) is 0. The van der Waals surface area contributed by atoms with Crippen LogP contribution in [-0.2, 0) is 0 Å². The van der Waals surface area contributed by atoms with Gasteiger partial charge in [-0.25, -0.2) is 15.0 Å². The van der Waals surface area contributed by atoms with E-state index < -0.39 is 0 Å². The van der Waals surface area contributed by atoms with Crippen LogP contribution in [0, 0.1) is 0 Å². The summed E-state index contributed by atoms with van der Waals surface area (Å²) in [6, 6.07) is 77.3. The van der Waals surface area contributed by atoms with Crippen molar-refractivity contribution in [1.82, 2.24) is 28.7 Å². The quantitative estimate of drug-likeness (QED) is 0.168. The molecule has 4 aromatic heterocycles. The maximum absolute atomic E-state index is 5.32. The number of rotatable bonds is 6. The van der Waals surface area contributed by atoms with Crippen molar-refractivity contribution in [2.24, 2.45) is 0 Å². The smallest absolute Gasteiger partial charge is 0.164 e. The fourth-order valence-electron chi connectivity index (χ4n) is 9.66. The maximum atomic E-state index is 5.32. The van der Waals surface area contributed by atoms with Crippen molar-refractivity contribution >= 4 is 65.4 Å². The van der Waals surface area contributed by atoms with Gasteiger partial charge in [0.15, 0.2) is 17.5 Å². The first kappa shape index (κ1) is 37.2. The van der Waals surface area contributed by atoms with Crippen LogP contribution in [0.4, 0.5) is 0 Å². The van der Waals surface area contributed by atoms with Gasteiger partial charge < -0.3 is 13.7 Å². The van der Waals surface area contributed by atoms with Gasteiger partial charge in [0.05, 0.1) is 33.1 Å². The molecule has 0 bridgehead atoms. The van der Waals surface area contributed by atoms with Crippen LogP contribution in [0.2, 0.25) is 0 Å². The van der Waals surface area contributed by atoms with E-state index in [-0.39, 0.29) is 7.43 Å². The molecule has 4 heterocycles. The summed E-state index contributed by atoms with van der Waals surface area (Å²) in [4.78, 5) is 16.0. The van der Waals surface area contributed by atoms with Crippen molar-refractivity contribution in [2.45, 2.75) is 7.43 Å². The van der Waals surface area contributed by atoms with Crippen LogP contribution in [0.3, 0.4) is 0 Å². The van der Waals surface area contributed by atoms with Gasteiger partial charge in [-0.3, -0.25) is 0 Å². The zero-order valence-electron chi connectivity index (χ0n) is 34.0. The van der Waals surface area contributed by atoms with Gasteiger partial charge in [0.1, 0.15) is 0 Å². The molecular formula is C58H40N6. The molecule has 13 aromatic rings. The molecule has 6 nitrogen and oxygen atoms in total. The highest BCUT2D eigenvalue weighted by atomic mass is 15.0. The first-order valence-corrected chi connectivity index (χ1v) is 21.3. The minimum atomic E-state index is 0. The van der Waals surface area contributed by atoms with Crippen molar-refractivity contribution in [2.75, 3.05) is 0 Å². The van der Waals surface area contributed by atoms with Gasteiger partial charge in [-0.05, 0) is 109 Å². The number of nitrogens with zero attached hydrogens (tertiary/aromatic N) is 6. The molecule has 0 spiro atoms. The first-order chi connectivity index (χ1) is 31.2. The van der Waals surface area contributed by atoms with Gasteiger partial charge in [-0.1, -0.05) is 117 Å². The fraction of sp³-hybridized carbons (Fsp3) is 0.0172. The molecule has 0 fully saturated rings. The number of para-hydroxylation sites is 6. The molecule has 0 radical (unpaired) electrons. The van der Waals surface area contributed by atoms with Crippen LogP contribution >= 0.6 is 0 Å². The van der Waals surface area contributed by atoms with E-state index in [1.165, 1.54) is 16.2 Å². The van der Waals surface area contributed by atoms with Crippen LogP contribution in [0.5, 0.6) is 0 Å². The largest absolute Gasteiger partial charge is 0.309 e. The summed E-state index contributed by atoms with van der Waals surface area (Å²) in [5, 5.41) is 6.94. The van der Waals surface area contributed by atoms with Crippen LogP contribution in [-0.4, -0.2) is 28.7 Å². The predicted octanol–water partition coefficient (Wildman–Crippen LogP) is 14.8. The zero-order valence-corrected chi connectivity index (χ0v) is 34.0. The van der Waals surface area contributed by atoms with Gasteiger partial charge in [0.25, 0.3) is 0 Å². The maximum Gasteiger partial charge on any atom is 0.164 e. The van der Waals surface area contributed by atoms with Crippen molar-refractivity contribution in [3.8, 4) is 51.2 Å². The molecule has 0 N–H and O–H groups in total. The topological polar surface area (TPSA) is 53.5 Å². The molecule has 0 saturated heterocycles. The minimum absolute atomic E-state index is 0. The normalized spacial score (nSPS) is 11.6. The van der Waals surface area contributed by atoms with E-state index in [1.807, 2.05) is 0 Å². The molecule has 6 heteroatoms. The highest BCUT2D eigenvalue weighted by molar-refractivity contribution is 6.12. The molecule has 0 saturated carbocycles. The van der Waals surface area contributed by atoms with Crippen LogP contribution in [0.25, 0.3) is 117 Å². The second-order valence-corrected chi connectivity index (χ2v) is 16.1. The minimum Gasteiger partial charge on any atom is -0.309 e. The lowest BCUT2D eigenvalue weighted by Gasteiger charge is -2.11. The molecule has 302 valence electrons. The number of fused-ring (bicyclic) bond motifs is 9. The van der Waals surface area contributed by atoms with Crippen LogP contribution in [0.15, 0.2) is 218 Å². The average molecular weight is 821 g/mol.